The predicted molar refractivity (Wildman–Crippen MR) is 112 cm³/mol. The van der Waals surface area contributed by atoms with Gasteiger partial charge in [0, 0.05) is 28.5 Å². The van der Waals surface area contributed by atoms with E-state index in [2.05, 4.69) is 5.32 Å². The monoisotopic (exact) mass is 445 g/mol. The maximum absolute atomic E-state index is 11.9. The molecule has 1 aliphatic heterocycles. The Balaban J connectivity index is 1.72. The fourth-order valence-electron chi connectivity index (χ4n) is 4.44. The average molecular weight is 446 g/mol. The number of nitro benzene ring substituents is 1. The molecule has 0 amide bonds. The third-order valence-electron chi connectivity index (χ3n) is 5.81. The number of hydrogen-bond donors (Lipinski definition) is 1. The van der Waals surface area contributed by atoms with Crippen molar-refractivity contribution in [3.63, 3.8) is 0 Å². The number of carboxylic acid groups (broad SMARTS) is 1. The van der Waals surface area contributed by atoms with Crippen molar-refractivity contribution in [3.05, 3.63) is 63.7 Å². The number of carbonyl (C=O) groups excluding carboxylic acids is 2. The van der Waals surface area contributed by atoms with Crippen LogP contribution in [0.3, 0.4) is 0 Å². The van der Waals surface area contributed by atoms with Crippen molar-refractivity contribution in [3.8, 4) is 0 Å². The second kappa shape index (κ2) is 7.92. The summed E-state index contributed by atoms with van der Waals surface area (Å²) in [5, 5.41) is 25.5. The average Bonchev–Trinajstić information content (AvgIpc) is 3.03. The number of fused-ring (bicyclic) bond motifs is 3. The molecule has 5 atom stereocenters. The van der Waals surface area contributed by atoms with E-state index in [1.54, 1.807) is 36.4 Å². The molecule has 0 radical (unpaired) electrons. The highest BCUT2D eigenvalue weighted by molar-refractivity contribution is 8.00. The zero-order chi connectivity index (χ0) is 21.6. The lowest BCUT2D eigenvalue weighted by atomic mass is 9.79. The van der Waals surface area contributed by atoms with Crippen LogP contribution in [-0.2, 0) is 4.79 Å². The number of nitrogens with one attached hydrogen (secondary N) is 1. The number of hydrogen-bond acceptors (Lipinski definition) is 7. The molecule has 156 valence electrons. The number of rotatable bonds is 5. The molecule has 1 saturated carbocycles. The van der Waals surface area contributed by atoms with Crippen molar-refractivity contribution in [2.75, 3.05) is 5.32 Å². The topological polar surface area (TPSA) is 112 Å². The lowest BCUT2D eigenvalue weighted by molar-refractivity contribution is -0.387. The number of anilines is 1. The Morgan fingerprint density at radius 2 is 1.97 bits per heavy atom. The maximum Gasteiger partial charge on any atom is 0.282 e. The number of ketones is 1. The fraction of sp³-hybridized carbons (Fsp3) is 0.333. The first kappa shape index (κ1) is 20.7. The molecule has 2 aromatic rings. The lowest BCUT2D eigenvalue weighted by Crippen LogP contribution is -2.49. The van der Waals surface area contributed by atoms with Gasteiger partial charge in [-0.15, -0.1) is 23.4 Å². The van der Waals surface area contributed by atoms with Crippen LogP contribution in [0.1, 0.15) is 35.2 Å². The van der Waals surface area contributed by atoms with Crippen molar-refractivity contribution in [2.45, 2.75) is 40.8 Å². The summed E-state index contributed by atoms with van der Waals surface area (Å²) in [6, 6.07) is 10.6. The van der Waals surface area contributed by atoms with Crippen LogP contribution in [0.5, 0.6) is 0 Å². The Morgan fingerprint density at radius 3 is 2.63 bits per heavy atom. The molecule has 9 heteroatoms. The van der Waals surface area contributed by atoms with Gasteiger partial charge >= 0.3 is 0 Å². The molecule has 1 heterocycles. The van der Waals surface area contributed by atoms with Gasteiger partial charge in [0.2, 0.25) is 0 Å². The summed E-state index contributed by atoms with van der Waals surface area (Å²) in [6.45, 7) is 1.47. The zero-order valence-electron chi connectivity index (χ0n) is 15.9. The Morgan fingerprint density at radius 1 is 1.23 bits per heavy atom. The van der Waals surface area contributed by atoms with Crippen LogP contribution in [0.2, 0.25) is 0 Å². The molecule has 0 spiro atoms. The minimum Gasteiger partial charge on any atom is -0.548 e. The van der Waals surface area contributed by atoms with Gasteiger partial charge in [0.05, 0.1) is 27.2 Å². The van der Waals surface area contributed by atoms with E-state index in [4.69, 9.17) is 11.6 Å². The quantitative estimate of drug-likeness (QED) is 0.325. The highest BCUT2D eigenvalue weighted by Gasteiger charge is 2.50. The van der Waals surface area contributed by atoms with Crippen LogP contribution in [0.25, 0.3) is 0 Å². The van der Waals surface area contributed by atoms with Crippen LogP contribution >= 0.6 is 23.4 Å². The van der Waals surface area contributed by atoms with E-state index in [0.29, 0.717) is 22.6 Å². The molecule has 7 nitrogen and oxygen atoms in total. The predicted octanol–water partition coefficient (Wildman–Crippen LogP) is 3.21. The molecular weight excluding hydrogens is 428 g/mol. The van der Waals surface area contributed by atoms with Crippen LogP contribution in [0.15, 0.2) is 47.4 Å². The van der Waals surface area contributed by atoms with Crippen LogP contribution in [-0.4, -0.2) is 33.3 Å². The van der Waals surface area contributed by atoms with Crippen molar-refractivity contribution >= 4 is 46.5 Å². The normalized spacial score (nSPS) is 26.9. The SMILES string of the molecule is CC(=O)c1ccc2c(c1)[C@@H]1[C@@H](Cl)[C@@H](Sc3ccccc3[N+](=O)[O-])C[C@H]1[C@H](C(=O)[O-])N2. The zero-order valence-corrected chi connectivity index (χ0v) is 17.5. The van der Waals surface area contributed by atoms with Crippen LogP contribution in [0, 0.1) is 16.0 Å². The third-order valence-corrected chi connectivity index (χ3v) is 7.93. The second-order valence-corrected chi connectivity index (χ2v) is 9.34. The van der Waals surface area contributed by atoms with Crippen molar-refractivity contribution in [1.82, 2.24) is 0 Å². The van der Waals surface area contributed by atoms with E-state index in [1.807, 2.05) is 0 Å². The summed E-state index contributed by atoms with van der Waals surface area (Å²) in [5.74, 6) is -1.98. The van der Waals surface area contributed by atoms with Gasteiger partial charge in [-0.25, -0.2) is 0 Å². The summed E-state index contributed by atoms with van der Waals surface area (Å²) in [6.07, 6.45) is 0.449. The number of alkyl halides is 1. The first-order valence-electron chi connectivity index (χ1n) is 9.44. The van der Waals surface area contributed by atoms with E-state index < -0.39 is 22.3 Å². The Hall–Kier alpha value is -2.58. The summed E-state index contributed by atoms with van der Waals surface area (Å²) in [4.78, 5) is 35.1. The van der Waals surface area contributed by atoms with Gasteiger partial charge in [0.25, 0.3) is 5.69 Å². The third kappa shape index (κ3) is 3.54. The van der Waals surface area contributed by atoms with Crippen LogP contribution in [0.4, 0.5) is 11.4 Å². The molecule has 1 aliphatic carbocycles. The first-order valence-corrected chi connectivity index (χ1v) is 10.8. The van der Waals surface area contributed by atoms with Gasteiger partial charge in [-0.2, -0.15) is 0 Å². The Labute approximate surface area is 182 Å². The molecular formula is C21H18ClN2O5S-. The number of halogens is 1. The van der Waals surface area contributed by atoms with Gasteiger partial charge in [0.15, 0.2) is 5.78 Å². The van der Waals surface area contributed by atoms with Crippen molar-refractivity contribution < 1.29 is 19.6 Å². The first-order chi connectivity index (χ1) is 14.3. The molecule has 1 fully saturated rings. The number of nitrogens with zero attached hydrogens (tertiary/aromatic N) is 1. The number of aliphatic carboxylic acids is 1. The molecule has 0 aromatic heterocycles. The summed E-state index contributed by atoms with van der Waals surface area (Å²) < 4.78 is 0. The number of benzene rings is 2. The van der Waals surface area contributed by atoms with Gasteiger partial charge < -0.3 is 15.2 Å². The molecule has 2 aromatic carbocycles. The summed E-state index contributed by atoms with van der Waals surface area (Å²) >= 11 is 8.14. The van der Waals surface area contributed by atoms with Crippen LogP contribution < -0.4 is 10.4 Å². The molecule has 4 rings (SSSR count). The van der Waals surface area contributed by atoms with Gasteiger partial charge in [0.1, 0.15) is 0 Å². The molecule has 30 heavy (non-hydrogen) atoms. The van der Waals surface area contributed by atoms with Gasteiger partial charge in [-0.3, -0.25) is 14.9 Å². The minimum atomic E-state index is -1.22. The fourth-order valence-corrected chi connectivity index (χ4v) is 6.38. The summed E-state index contributed by atoms with van der Waals surface area (Å²) in [7, 11) is 0. The minimum absolute atomic E-state index is 0.00455. The highest BCUT2D eigenvalue weighted by atomic mass is 35.5. The van der Waals surface area contributed by atoms with Gasteiger partial charge in [-0.05, 0) is 49.1 Å². The smallest absolute Gasteiger partial charge is 0.282 e. The molecule has 2 aliphatic rings. The van der Waals surface area contributed by atoms with E-state index in [0.717, 1.165) is 5.56 Å². The van der Waals surface area contributed by atoms with Crippen molar-refractivity contribution in [1.29, 1.82) is 0 Å². The molecule has 0 saturated heterocycles. The summed E-state index contributed by atoms with van der Waals surface area (Å²) in [5.41, 5.74) is 1.95. The number of Topliss-reactive ketones (excluding diaryl/α,β-unsaturated/α-hetero) is 1. The maximum atomic E-state index is 11.9. The number of carboxylic acids is 1. The lowest BCUT2D eigenvalue weighted by Gasteiger charge is -2.38. The van der Waals surface area contributed by atoms with E-state index in [1.165, 1.54) is 24.8 Å². The van der Waals surface area contributed by atoms with E-state index in [-0.39, 0.29) is 28.6 Å². The Bertz CT molecular complexity index is 1050. The highest BCUT2D eigenvalue weighted by Crippen LogP contribution is 2.55. The standard InChI is InChI=1S/C21H19ClN2O5S/c1-10(25)11-6-7-14-12(8-11)18-13(20(23-14)21(26)27)9-17(19(18)22)30-16-5-3-2-4-15(16)24(28)29/h2-8,13,17-20,23H,9H2,1H3,(H,26,27)/p-1/t13-,17+,18+,19+,20-/m1/s1. The van der Waals surface area contributed by atoms with E-state index in [9.17, 15) is 24.8 Å². The van der Waals surface area contributed by atoms with Crippen molar-refractivity contribution in [2.24, 2.45) is 5.92 Å². The van der Waals surface area contributed by atoms with E-state index >= 15 is 0 Å². The largest absolute Gasteiger partial charge is 0.548 e. The number of nitro groups is 1. The Kier molecular flexibility index (Phi) is 5.46. The number of para-hydroxylation sites is 1. The van der Waals surface area contributed by atoms with Gasteiger partial charge in [-0.1, -0.05) is 12.1 Å². The molecule has 0 unspecified atom stereocenters. The number of thioether (sulfide) groups is 1. The molecule has 1 N–H and O–H groups in total. The second-order valence-electron chi connectivity index (χ2n) is 7.55. The number of carbonyl (C=O) groups is 2. The molecule has 0 bridgehead atoms.